The molecule has 1 atom stereocenters. The Hall–Kier alpha value is -0.340. The van der Waals surface area contributed by atoms with Crippen LogP contribution in [0.2, 0.25) is 0 Å². The molecule has 0 saturated heterocycles. The summed E-state index contributed by atoms with van der Waals surface area (Å²) in [5.41, 5.74) is 0. The molecule has 2 N–H and O–H groups in total. The van der Waals surface area contributed by atoms with Crippen molar-refractivity contribution in [2.24, 2.45) is 0 Å². The van der Waals surface area contributed by atoms with E-state index in [2.05, 4.69) is 0 Å². The lowest BCUT2D eigenvalue weighted by Crippen LogP contribution is -2.06. The summed E-state index contributed by atoms with van der Waals surface area (Å²) in [5.74, 6) is 0. The molecule has 0 saturated carbocycles. The van der Waals surface area contributed by atoms with Gasteiger partial charge in [-0.15, -0.1) is 0 Å². The van der Waals surface area contributed by atoms with Gasteiger partial charge in [-0.25, -0.2) is 0 Å². The summed E-state index contributed by atoms with van der Waals surface area (Å²) >= 11 is 0. The van der Waals surface area contributed by atoms with Crippen molar-refractivity contribution in [3.05, 3.63) is 12.2 Å². The summed E-state index contributed by atoms with van der Waals surface area (Å²) in [4.78, 5) is 0. The van der Waals surface area contributed by atoms with E-state index in [0.29, 0.717) is 0 Å². The number of aliphatic hydroxyl groups is 2. The topological polar surface area (TPSA) is 40.5 Å². The van der Waals surface area contributed by atoms with Crippen molar-refractivity contribution in [2.75, 3.05) is 6.61 Å². The summed E-state index contributed by atoms with van der Waals surface area (Å²) in [6.07, 6.45) is 2.55. The van der Waals surface area contributed by atoms with E-state index in [0.717, 1.165) is 0 Å². The fraction of sp³-hybridized carbons (Fsp3) is 0.600. The second-order valence-corrected chi connectivity index (χ2v) is 1.28. The highest BCUT2D eigenvalue weighted by Crippen LogP contribution is 1.80. The van der Waals surface area contributed by atoms with Gasteiger partial charge in [0, 0.05) is 0 Å². The maximum atomic E-state index is 8.52. The third-order valence-electron chi connectivity index (χ3n) is 0.602. The fourth-order valence-corrected chi connectivity index (χ4v) is 0.283. The molecule has 0 amide bonds. The standard InChI is InChI=1S/C5H10O2/c1-2-3-5(7)4-6/h2-3,5-7H,4H2,1H3/t5-/m1/s1. The highest BCUT2D eigenvalue weighted by Gasteiger charge is 1.89. The van der Waals surface area contributed by atoms with Crippen molar-refractivity contribution in [3.8, 4) is 0 Å². The van der Waals surface area contributed by atoms with E-state index in [1.54, 1.807) is 13.0 Å². The third-order valence-corrected chi connectivity index (χ3v) is 0.602. The van der Waals surface area contributed by atoms with Gasteiger partial charge in [-0.1, -0.05) is 12.2 Å². The van der Waals surface area contributed by atoms with Crippen LogP contribution in [-0.2, 0) is 0 Å². The Balaban J connectivity index is 3.16. The largest absolute Gasteiger partial charge is 0.393 e. The molecule has 7 heavy (non-hydrogen) atoms. The highest BCUT2D eigenvalue weighted by atomic mass is 16.3. The first-order valence-corrected chi connectivity index (χ1v) is 2.23. The minimum Gasteiger partial charge on any atom is -0.393 e. The van der Waals surface area contributed by atoms with Gasteiger partial charge in [0.1, 0.15) is 0 Å². The van der Waals surface area contributed by atoms with Gasteiger partial charge < -0.3 is 10.2 Å². The van der Waals surface area contributed by atoms with E-state index in [1.165, 1.54) is 6.08 Å². The molecule has 2 heteroatoms. The van der Waals surface area contributed by atoms with Gasteiger partial charge in [0.05, 0.1) is 12.7 Å². The number of allylic oxidation sites excluding steroid dienone is 1. The Morgan fingerprint density at radius 1 is 1.71 bits per heavy atom. The molecule has 0 bridgehead atoms. The van der Waals surface area contributed by atoms with Gasteiger partial charge >= 0.3 is 0 Å². The van der Waals surface area contributed by atoms with Crippen LogP contribution in [0.15, 0.2) is 12.2 Å². The van der Waals surface area contributed by atoms with Gasteiger partial charge in [-0.3, -0.25) is 0 Å². The van der Waals surface area contributed by atoms with Crippen LogP contribution in [0.4, 0.5) is 0 Å². The first kappa shape index (κ1) is 6.66. The monoisotopic (exact) mass is 102 g/mol. The van der Waals surface area contributed by atoms with Crippen molar-refractivity contribution in [1.82, 2.24) is 0 Å². The molecule has 0 aliphatic rings. The van der Waals surface area contributed by atoms with Crippen LogP contribution < -0.4 is 0 Å². The molecule has 0 aliphatic carbocycles. The lowest BCUT2D eigenvalue weighted by molar-refractivity contribution is 0.131. The van der Waals surface area contributed by atoms with Crippen LogP contribution in [0.1, 0.15) is 6.92 Å². The van der Waals surface area contributed by atoms with E-state index in [9.17, 15) is 0 Å². The van der Waals surface area contributed by atoms with Crippen LogP contribution in [0.25, 0.3) is 0 Å². The minimum absolute atomic E-state index is 0.190. The summed E-state index contributed by atoms with van der Waals surface area (Å²) in [6.45, 7) is 1.60. The molecule has 0 aliphatic heterocycles. The van der Waals surface area contributed by atoms with Crippen molar-refractivity contribution in [1.29, 1.82) is 0 Å². The van der Waals surface area contributed by atoms with E-state index in [1.807, 2.05) is 0 Å². The number of hydrogen-bond donors (Lipinski definition) is 2. The second kappa shape index (κ2) is 3.84. The number of hydrogen-bond acceptors (Lipinski definition) is 2. The normalized spacial score (nSPS) is 15.3. The highest BCUT2D eigenvalue weighted by molar-refractivity contribution is 4.84. The zero-order valence-corrected chi connectivity index (χ0v) is 4.33. The van der Waals surface area contributed by atoms with Gasteiger partial charge in [-0.2, -0.15) is 0 Å². The SMILES string of the molecule is CC=C[C@@H](O)CO. The van der Waals surface area contributed by atoms with Crippen LogP contribution in [0, 0.1) is 0 Å². The number of rotatable bonds is 2. The molecule has 0 rings (SSSR count). The second-order valence-electron chi connectivity index (χ2n) is 1.28. The van der Waals surface area contributed by atoms with E-state index in [4.69, 9.17) is 10.2 Å². The van der Waals surface area contributed by atoms with Crippen LogP contribution in [-0.4, -0.2) is 22.9 Å². The molecule has 2 nitrogen and oxygen atoms in total. The van der Waals surface area contributed by atoms with E-state index >= 15 is 0 Å². The van der Waals surface area contributed by atoms with Crippen molar-refractivity contribution >= 4 is 0 Å². The maximum Gasteiger partial charge on any atom is 0.0951 e. The molecule has 0 spiro atoms. The van der Waals surface area contributed by atoms with Gasteiger partial charge in [0.25, 0.3) is 0 Å². The Morgan fingerprint density at radius 3 is 2.43 bits per heavy atom. The zero-order valence-electron chi connectivity index (χ0n) is 4.33. The molecular weight excluding hydrogens is 92.1 g/mol. The molecule has 42 valence electrons. The fourth-order valence-electron chi connectivity index (χ4n) is 0.283. The van der Waals surface area contributed by atoms with Crippen molar-refractivity contribution in [3.63, 3.8) is 0 Å². The molecule has 0 aromatic carbocycles. The van der Waals surface area contributed by atoms with Crippen LogP contribution in [0.3, 0.4) is 0 Å². The summed E-state index contributed by atoms with van der Waals surface area (Å²) in [5, 5.41) is 16.7. The minimum atomic E-state index is -0.676. The molecule has 0 unspecified atom stereocenters. The first-order valence-electron chi connectivity index (χ1n) is 2.23. The Labute approximate surface area is 43.1 Å². The summed E-state index contributed by atoms with van der Waals surface area (Å²) < 4.78 is 0. The summed E-state index contributed by atoms with van der Waals surface area (Å²) in [6, 6.07) is 0. The van der Waals surface area contributed by atoms with Crippen molar-refractivity contribution in [2.45, 2.75) is 13.0 Å². The number of aliphatic hydroxyl groups excluding tert-OH is 2. The first-order chi connectivity index (χ1) is 3.31. The molecular formula is C5H10O2. The van der Waals surface area contributed by atoms with Gasteiger partial charge in [0.2, 0.25) is 0 Å². The molecule has 0 fully saturated rings. The molecule has 0 heterocycles. The zero-order chi connectivity index (χ0) is 5.70. The van der Waals surface area contributed by atoms with Crippen LogP contribution >= 0.6 is 0 Å². The average molecular weight is 102 g/mol. The molecule has 0 aromatic heterocycles. The predicted molar refractivity (Wildman–Crippen MR) is 27.9 cm³/mol. The Kier molecular flexibility index (Phi) is 3.65. The molecule has 0 aromatic rings. The predicted octanol–water partition coefficient (Wildman–Crippen LogP) is -0.0843. The van der Waals surface area contributed by atoms with Crippen LogP contribution in [0.5, 0.6) is 0 Å². The quantitative estimate of drug-likeness (QED) is 0.478. The lowest BCUT2D eigenvalue weighted by Gasteiger charge is -1.94. The third kappa shape index (κ3) is 3.49. The Morgan fingerprint density at radius 2 is 2.29 bits per heavy atom. The Bertz CT molecular complexity index is 59.1. The molecule has 0 radical (unpaired) electrons. The summed E-state index contributed by atoms with van der Waals surface area (Å²) in [7, 11) is 0. The van der Waals surface area contributed by atoms with Crippen molar-refractivity contribution < 1.29 is 10.2 Å². The van der Waals surface area contributed by atoms with Gasteiger partial charge in [-0.05, 0) is 6.92 Å². The smallest absolute Gasteiger partial charge is 0.0951 e. The average Bonchev–Trinajstić information content (AvgIpc) is 1.68. The van der Waals surface area contributed by atoms with E-state index in [-0.39, 0.29) is 6.61 Å². The van der Waals surface area contributed by atoms with E-state index < -0.39 is 6.10 Å². The maximum absolute atomic E-state index is 8.52. The lowest BCUT2D eigenvalue weighted by atomic mass is 10.3. The van der Waals surface area contributed by atoms with Gasteiger partial charge in [0.15, 0.2) is 0 Å².